The summed E-state index contributed by atoms with van der Waals surface area (Å²) < 4.78 is 0. The summed E-state index contributed by atoms with van der Waals surface area (Å²) in [5.74, 6) is 0.977. The summed E-state index contributed by atoms with van der Waals surface area (Å²) in [7, 11) is 0. The summed E-state index contributed by atoms with van der Waals surface area (Å²) in [6, 6.07) is 7.72. The molecule has 1 aromatic carbocycles. The largest absolute Gasteiger partial charge is 0.481 e. The van der Waals surface area contributed by atoms with Gasteiger partial charge in [-0.3, -0.25) is 4.79 Å². The molecule has 0 amide bonds. The van der Waals surface area contributed by atoms with Crippen LogP contribution < -0.4 is 0 Å². The van der Waals surface area contributed by atoms with Gasteiger partial charge in [-0.25, -0.2) is 0 Å². The normalized spacial score (nSPS) is 10.2. The molecule has 0 aliphatic heterocycles. The zero-order chi connectivity index (χ0) is 11.1. The summed E-state index contributed by atoms with van der Waals surface area (Å²) >= 11 is 7.69. The van der Waals surface area contributed by atoms with E-state index in [9.17, 15) is 4.79 Å². The van der Waals surface area contributed by atoms with Crippen molar-refractivity contribution in [2.24, 2.45) is 0 Å². The molecule has 1 rings (SSSR count). The molecular formula is C11H13ClO2S. The molecule has 0 fully saturated rings. The van der Waals surface area contributed by atoms with Crippen molar-refractivity contribution in [1.82, 2.24) is 0 Å². The monoisotopic (exact) mass is 244 g/mol. The first-order valence-corrected chi connectivity index (χ1v) is 6.26. The average molecular weight is 245 g/mol. The van der Waals surface area contributed by atoms with Crippen molar-refractivity contribution in [2.75, 3.05) is 5.75 Å². The Kier molecular flexibility index (Phi) is 5.58. The van der Waals surface area contributed by atoms with Crippen LogP contribution in [0.4, 0.5) is 0 Å². The predicted octanol–water partition coefficient (Wildman–Crippen LogP) is 3.44. The van der Waals surface area contributed by atoms with Crippen LogP contribution in [-0.2, 0) is 10.5 Å². The van der Waals surface area contributed by atoms with E-state index in [1.165, 1.54) is 0 Å². The van der Waals surface area contributed by atoms with Gasteiger partial charge >= 0.3 is 5.97 Å². The number of halogens is 1. The number of hydrogen-bond acceptors (Lipinski definition) is 2. The molecule has 0 radical (unpaired) electrons. The Bertz CT molecular complexity index is 328. The van der Waals surface area contributed by atoms with Crippen molar-refractivity contribution in [2.45, 2.75) is 18.6 Å². The Labute approximate surface area is 98.6 Å². The van der Waals surface area contributed by atoms with E-state index >= 15 is 0 Å². The summed E-state index contributed by atoms with van der Waals surface area (Å²) in [5, 5.41) is 9.22. The minimum Gasteiger partial charge on any atom is -0.481 e. The summed E-state index contributed by atoms with van der Waals surface area (Å²) in [6.07, 6.45) is 0.958. The Balaban J connectivity index is 2.21. The van der Waals surface area contributed by atoms with E-state index in [-0.39, 0.29) is 6.42 Å². The molecule has 0 aliphatic rings. The van der Waals surface area contributed by atoms with Gasteiger partial charge in [-0.05, 0) is 23.8 Å². The van der Waals surface area contributed by atoms with Gasteiger partial charge in [0.05, 0.1) is 0 Å². The third kappa shape index (κ3) is 5.09. The molecule has 0 aromatic heterocycles. The lowest BCUT2D eigenvalue weighted by atomic mass is 10.2. The van der Waals surface area contributed by atoms with E-state index in [1.54, 1.807) is 11.8 Å². The van der Waals surface area contributed by atoms with Gasteiger partial charge in [-0.2, -0.15) is 11.8 Å². The van der Waals surface area contributed by atoms with E-state index in [0.29, 0.717) is 6.42 Å². The highest BCUT2D eigenvalue weighted by Crippen LogP contribution is 2.21. The number of carboxylic acids is 1. The van der Waals surface area contributed by atoms with Crippen molar-refractivity contribution in [1.29, 1.82) is 0 Å². The molecule has 0 aliphatic carbocycles. The highest BCUT2D eigenvalue weighted by atomic mass is 35.5. The number of carbonyl (C=O) groups is 1. The van der Waals surface area contributed by atoms with Crippen LogP contribution in [-0.4, -0.2) is 16.8 Å². The molecule has 1 N–H and O–H groups in total. The minimum atomic E-state index is -0.728. The SMILES string of the molecule is O=C(O)CCCSCc1ccccc1Cl. The molecule has 0 atom stereocenters. The fourth-order valence-corrected chi connectivity index (χ4v) is 2.37. The summed E-state index contributed by atoms with van der Waals surface area (Å²) in [5.41, 5.74) is 1.11. The van der Waals surface area contributed by atoms with Gasteiger partial charge in [0.2, 0.25) is 0 Å². The van der Waals surface area contributed by atoms with E-state index in [2.05, 4.69) is 0 Å². The first kappa shape index (κ1) is 12.4. The Morgan fingerprint density at radius 2 is 2.13 bits per heavy atom. The van der Waals surface area contributed by atoms with Crippen LogP contribution >= 0.6 is 23.4 Å². The minimum absolute atomic E-state index is 0.246. The van der Waals surface area contributed by atoms with Crippen LogP contribution in [0.3, 0.4) is 0 Å². The fourth-order valence-electron chi connectivity index (χ4n) is 1.12. The van der Waals surface area contributed by atoms with Crippen LogP contribution in [0.2, 0.25) is 5.02 Å². The summed E-state index contributed by atoms with van der Waals surface area (Å²) in [4.78, 5) is 10.3. The molecule has 0 saturated heterocycles. The molecule has 0 heterocycles. The lowest BCUT2D eigenvalue weighted by Gasteiger charge is -2.03. The van der Waals surface area contributed by atoms with E-state index in [1.807, 2.05) is 24.3 Å². The quantitative estimate of drug-likeness (QED) is 0.779. The Morgan fingerprint density at radius 1 is 1.40 bits per heavy atom. The number of benzene rings is 1. The van der Waals surface area contributed by atoms with Gasteiger partial charge in [-0.1, -0.05) is 29.8 Å². The van der Waals surface area contributed by atoms with Crippen LogP contribution in [0.5, 0.6) is 0 Å². The second-order valence-corrected chi connectivity index (χ2v) is 4.65. The highest BCUT2D eigenvalue weighted by Gasteiger charge is 2.00. The molecule has 1 aromatic rings. The second kappa shape index (κ2) is 6.75. The Morgan fingerprint density at radius 3 is 2.80 bits per heavy atom. The number of aliphatic carboxylic acids is 1. The smallest absolute Gasteiger partial charge is 0.303 e. The first-order valence-electron chi connectivity index (χ1n) is 4.73. The highest BCUT2D eigenvalue weighted by molar-refractivity contribution is 7.98. The lowest BCUT2D eigenvalue weighted by Crippen LogP contribution is -1.95. The third-order valence-electron chi connectivity index (χ3n) is 1.89. The van der Waals surface area contributed by atoms with Gasteiger partial charge in [0.25, 0.3) is 0 Å². The van der Waals surface area contributed by atoms with Crippen molar-refractivity contribution in [3.8, 4) is 0 Å². The van der Waals surface area contributed by atoms with E-state index in [0.717, 1.165) is 22.1 Å². The van der Waals surface area contributed by atoms with Crippen LogP contribution in [0.1, 0.15) is 18.4 Å². The third-order valence-corrected chi connectivity index (χ3v) is 3.36. The maximum absolute atomic E-state index is 10.3. The van der Waals surface area contributed by atoms with Gasteiger partial charge in [0.1, 0.15) is 0 Å². The molecule has 0 unspecified atom stereocenters. The van der Waals surface area contributed by atoms with Crippen LogP contribution in [0.15, 0.2) is 24.3 Å². The maximum Gasteiger partial charge on any atom is 0.303 e. The predicted molar refractivity (Wildman–Crippen MR) is 64.5 cm³/mol. The van der Waals surface area contributed by atoms with Crippen LogP contribution in [0.25, 0.3) is 0 Å². The zero-order valence-electron chi connectivity index (χ0n) is 8.28. The molecular weight excluding hydrogens is 232 g/mol. The molecule has 0 saturated carbocycles. The molecule has 2 nitrogen and oxygen atoms in total. The van der Waals surface area contributed by atoms with E-state index < -0.39 is 5.97 Å². The van der Waals surface area contributed by atoms with Gasteiger partial charge in [-0.15, -0.1) is 0 Å². The lowest BCUT2D eigenvalue weighted by molar-refractivity contribution is -0.137. The molecule has 0 spiro atoms. The number of rotatable bonds is 6. The second-order valence-electron chi connectivity index (χ2n) is 3.14. The topological polar surface area (TPSA) is 37.3 Å². The van der Waals surface area contributed by atoms with Crippen molar-refractivity contribution in [3.63, 3.8) is 0 Å². The van der Waals surface area contributed by atoms with Gasteiger partial charge in [0, 0.05) is 17.2 Å². The Hall–Kier alpha value is -0.670. The van der Waals surface area contributed by atoms with Crippen LogP contribution in [0, 0.1) is 0 Å². The fraction of sp³-hybridized carbons (Fsp3) is 0.364. The number of carboxylic acid groups (broad SMARTS) is 1. The van der Waals surface area contributed by atoms with E-state index in [4.69, 9.17) is 16.7 Å². The van der Waals surface area contributed by atoms with Gasteiger partial charge in [0.15, 0.2) is 0 Å². The number of hydrogen-bond donors (Lipinski definition) is 1. The average Bonchev–Trinajstić information content (AvgIpc) is 2.20. The first-order chi connectivity index (χ1) is 7.20. The standard InChI is InChI=1S/C11H13ClO2S/c12-10-5-2-1-4-9(10)8-15-7-3-6-11(13)14/h1-2,4-5H,3,6-8H2,(H,13,14). The molecule has 82 valence electrons. The van der Waals surface area contributed by atoms with Gasteiger partial charge < -0.3 is 5.11 Å². The molecule has 15 heavy (non-hydrogen) atoms. The van der Waals surface area contributed by atoms with Crippen molar-refractivity contribution in [3.05, 3.63) is 34.9 Å². The molecule has 0 bridgehead atoms. The van der Waals surface area contributed by atoms with Crippen molar-refractivity contribution >= 4 is 29.3 Å². The zero-order valence-corrected chi connectivity index (χ0v) is 9.85. The maximum atomic E-state index is 10.3. The van der Waals surface area contributed by atoms with Crippen molar-refractivity contribution < 1.29 is 9.90 Å². The summed E-state index contributed by atoms with van der Waals surface area (Å²) in [6.45, 7) is 0. The molecule has 4 heteroatoms. The number of thioether (sulfide) groups is 1.